The summed E-state index contributed by atoms with van der Waals surface area (Å²) in [5.74, 6) is -1.53. The van der Waals surface area contributed by atoms with Gasteiger partial charge in [-0.05, 0) is 36.1 Å². The van der Waals surface area contributed by atoms with E-state index in [2.05, 4.69) is 10.2 Å². The van der Waals surface area contributed by atoms with Crippen molar-refractivity contribution in [3.8, 4) is 10.7 Å². The first-order valence-corrected chi connectivity index (χ1v) is 9.58. The summed E-state index contributed by atoms with van der Waals surface area (Å²) in [5, 5.41) is 10.8. The third kappa shape index (κ3) is 4.10. The number of hydrogen-bond donors (Lipinski definition) is 1. The Hall–Kier alpha value is -2.26. The highest BCUT2D eigenvalue weighted by Gasteiger charge is 2.19. The van der Waals surface area contributed by atoms with Crippen LogP contribution in [0.1, 0.15) is 24.2 Å². The van der Waals surface area contributed by atoms with Crippen molar-refractivity contribution in [2.45, 2.75) is 30.3 Å². The molecule has 2 aromatic heterocycles. The monoisotopic (exact) mass is 394 g/mol. The topological polar surface area (TPSA) is 73.8 Å². The number of hydrogen-bond acceptors (Lipinski definition) is 5. The maximum atomic E-state index is 13.5. The van der Waals surface area contributed by atoms with Gasteiger partial charge in [-0.15, -0.1) is 21.5 Å². The van der Waals surface area contributed by atoms with Crippen LogP contribution in [0.2, 0.25) is 0 Å². The van der Waals surface area contributed by atoms with E-state index >= 15 is 0 Å². The van der Waals surface area contributed by atoms with E-state index in [-0.39, 0.29) is 11.7 Å². The minimum absolute atomic E-state index is 0.156. The van der Waals surface area contributed by atoms with E-state index in [1.165, 1.54) is 29.2 Å². The molecule has 0 bridgehead atoms. The van der Waals surface area contributed by atoms with Crippen LogP contribution in [0, 0.1) is 11.6 Å². The van der Waals surface area contributed by atoms with E-state index in [0.717, 1.165) is 10.9 Å². The Bertz CT molecular complexity index is 912. The van der Waals surface area contributed by atoms with E-state index in [1.807, 2.05) is 29.0 Å². The van der Waals surface area contributed by atoms with Crippen LogP contribution in [0.5, 0.6) is 0 Å². The molecule has 0 spiro atoms. The molecule has 2 N–H and O–H groups in total. The molecule has 0 fully saturated rings. The zero-order valence-electron chi connectivity index (χ0n) is 13.9. The molecule has 3 aromatic rings. The molecule has 1 unspecified atom stereocenters. The van der Waals surface area contributed by atoms with Gasteiger partial charge >= 0.3 is 0 Å². The summed E-state index contributed by atoms with van der Waals surface area (Å²) in [6, 6.07) is 7.65. The van der Waals surface area contributed by atoms with Crippen LogP contribution in [0.25, 0.3) is 10.7 Å². The minimum Gasteiger partial charge on any atom is -0.370 e. The van der Waals surface area contributed by atoms with Crippen molar-refractivity contribution in [1.82, 2.24) is 14.8 Å². The van der Waals surface area contributed by atoms with Crippen molar-refractivity contribution >= 4 is 29.0 Å². The molecule has 0 aliphatic rings. The van der Waals surface area contributed by atoms with Gasteiger partial charge in [0.2, 0.25) is 5.91 Å². The van der Waals surface area contributed by atoms with Crippen LogP contribution < -0.4 is 5.73 Å². The number of aromatic nitrogens is 3. The van der Waals surface area contributed by atoms with Crippen LogP contribution in [-0.2, 0) is 11.3 Å². The normalized spacial score (nSPS) is 12.3. The zero-order valence-corrected chi connectivity index (χ0v) is 15.5. The lowest BCUT2D eigenvalue weighted by molar-refractivity contribution is -0.118. The molecule has 1 atom stereocenters. The summed E-state index contributed by atoms with van der Waals surface area (Å²) in [5.41, 5.74) is 5.91. The van der Waals surface area contributed by atoms with Crippen molar-refractivity contribution in [1.29, 1.82) is 0 Å². The smallest absolute Gasteiger partial charge is 0.219 e. The van der Waals surface area contributed by atoms with Gasteiger partial charge in [-0.2, -0.15) is 0 Å². The summed E-state index contributed by atoms with van der Waals surface area (Å²) in [6.45, 7) is 2.22. The molecule has 2 heterocycles. The van der Waals surface area contributed by atoms with Crippen LogP contribution in [-0.4, -0.2) is 20.7 Å². The van der Waals surface area contributed by atoms with E-state index in [1.54, 1.807) is 6.07 Å². The number of rotatable bonds is 7. The first-order valence-electron chi connectivity index (χ1n) is 7.82. The van der Waals surface area contributed by atoms with Crippen molar-refractivity contribution in [2.75, 3.05) is 0 Å². The number of halogens is 2. The van der Waals surface area contributed by atoms with Gasteiger partial charge in [-0.25, -0.2) is 8.78 Å². The van der Waals surface area contributed by atoms with Crippen molar-refractivity contribution in [2.24, 2.45) is 5.73 Å². The fourth-order valence-corrected chi connectivity index (χ4v) is 4.09. The molecular weight excluding hydrogens is 378 g/mol. The highest BCUT2D eigenvalue weighted by Crippen LogP contribution is 2.36. The van der Waals surface area contributed by atoms with E-state index in [0.29, 0.717) is 23.1 Å². The lowest BCUT2D eigenvalue weighted by atomic mass is 10.1. The molecule has 3 rings (SSSR count). The maximum absolute atomic E-state index is 13.5. The Kier molecular flexibility index (Phi) is 5.67. The molecule has 0 aliphatic carbocycles. The summed E-state index contributed by atoms with van der Waals surface area (Å²) < 4.78 is 28.5. The first kappa shape index (κ1) is 18.5. The van der Waals surface area contributed by atoms with Crippen LogP contribution >= 0.6 is 23.1 Å². The molecular formula is C17H16F2N4OS2. The maximum Gasteiger partial charge on any atom is 0.219 e. The molecule has 1 amide bonds. The van der Waals surface area contributed by atoms with Crippen molar-refractivity contribution in [3.63, 3.8) is 0 Å². The molecule has 26 heavy (non-hydrogen) atoms. The Morgan fingerprint density at radius 2 is 2.12 bits per heavy atom. The molecule has 0 saturated heterocycles. The molecule has 0 saturated carbocycles. The number of carbonyl (C=O) groups excluding carboxylic acids is 1. The molecule has 0 radical (unpaired) electrons. The van der Waals surface area contributed by atoms with Gasteiger partial charge in [0.25, 0.3) is 0 Å². The van der Waals surface area contributed by atoms with Gasteiger partial charge in [-0.3, -0.25) is 4.79 Å². The third-order valence-electron chi connectivity index (χ3n) is 3.74. The third-order valence-corrected chi connectivity index (χ3v) is 5.74. The summed E-state index contributed by atoms with van der Waals surface area (Å²) in [4.78, 5) is 12.1. The summed E-state index contributed by atoms with van der Waals surface area (Å²) in [6.07, 6.45) is 0.156. The SMILES string of the molecule is CC(Sc1nnc(-c2cccs2)n1CCC(N)=O)c1ccc(F)c(F)c1. The Morgan fingerprint density at radius 3 is 2.77 bits per heavy atom. The number of amides is 1. The van der Waals surface area contributed by atoms with Gasteiger partial charge in [0.1, 0.15) is 0 Å². The number of benzene rings is 1. The highest BCUT2D eigenvalue weighted by molar-refractivity contribution is 7.99. The Labute approximate surface area is 157 Å². The predicted molar refractivity (Wildman–Crippen MR) is 97.8 cm³/mol. The molecule has 5 nitrogen and oxygen atoms in total. The number of primary amides is 1. The quantitative estimate of drug-likeness (QED) is 0.615. The highest BCUT2D eigenvalue weighted by atomic mass is 32.2. The van der Waals surface area contributed by atoms with Crippen molar-refractivity contribution in [3.05, 3.63) is 52.9 Å². The average Bonchev–Trinajstić information content (AvgIpc) is 3.24. The predicted octanol–water partition coefficient (Wildman–Crippen LogP) is 4.01. The second-order valence-electron chi connectivity index (χ2n) is 5.59. The first-order chi connectivity index (χ1) is 12.5. The van der Waals surface area contributed by atoms with Gasteiger partial charge in [0, 0.05) is 18.2 Å². The Morgan fingerprint density at radius 1 is 1.31 bits per heavy atom. The van der Waals surface area contributed by atoms with E-state index in [9.17, 15) is 13.6 Å². The molecule has 9 heteroatoms. The van der Waals surface area contributed by atoms with Crippen LogP contribution in [0.15, 0.2) is 40.9 Å². The number of thioether (sulfide) groups is 1. The van der Waals surface area contributed by atoms with Crippen LogP contribution in [0.3, 0.4) is 0 Å². The average molecular weight is 394 g/mol. The van der Waals surface area contributed by atoms with Gasteiger partial charge < -0.3 is 10.3 Å². The van der Waals surface area contributed by atoms with Gasteiger partial charge in [0.05, 0.1) is 4.88 Å². The number of carbonyl (C=O) groups is 1. The fraction of sp³-hybridized carbons (Fsp3) is 0.235. The standard InChI is InChI=1S/C17H16F2N4OS2/c1-10(11-4-5-12(18)13(19)9-11)26-17-22-21-16(14-3-2-8-25-14)23(17)7-6-15(20)24/h2-5,8-10H,6-7H2,1H3,(H2,20,24). The molecule has 0 aliphatic heterocycles. The second-order valence-corrected chi connectivity index (χ2v) is 7.84. The van der Waals surface area contributed by atoms with E-state index < -0.39 is 17.5 Å². The van der Waals surface area contributed by atoms with E-state index in [4.69, 9.17) is 5.73 Å². The second kappa shape index (κ2) is 7.96. The lowest BCUT2D eigenvalue weighted by Gasteiger charge is -2.13. The van der Waals surface area contributed by atoms with Gasteiger partial charge in [-0.1, -0.05) is 23.9 Å². The van der Waals surface area contributed by atoms with Crippen molar-refractivity contribution < 1.29 is 13.6 Å². The zero-order chi connectivity index (χ0) is 18.7. The van der Waals surface area contributed by atoms with Gasteiger partial charge in [0.15, 0.2) is 22.6 Å². The number of thiophene rings is 1. The number of nitrogens with zero attached hydrogens (tertiary/aromatic N) is 3. The summed E-state index contributed by atoms with van der Waals surface area (Å²) >= 11 is 2.88. The lowest BCUT2D eigenvalue weighted by Crippen LogP contribution is -2.15. The fourth-order valence-electron chi connectivity index (χ4n) is 2.38. The minimum atomic E-state index is -0.885. The number of nitrogens with two attached hydrogens (primary N) is 1. The Balaban J connectivity index is 1.88. The molecule has 136 valence electrons. The summed E-state index contributed by atoms with van der Waals surface area (Å²) in [7, 11) is 0. The van der Waals surface area contributed by atoms with Crippen LogP contribution in [0.4, 0.5) is 8.78 Å². The molecule has 1 aromatic carbocycles. The largest absolute Gasteiger partial charge is 0.370 e.